The molecule has 0 aromatic heterocycles. The number of hydrogen-bond acceptors (Lipinski definition) is 4. The van der Waals surface area contributed by atoms with E-state index in [4.69, 9.17) is 4.74 Å². The fraction of sp³-hybridized carbons (Fsp3) is 0.579. The first kappa shape index (κ1) is 18.8. The van der Waals surface area contributed by atoms with Gasteiger partial charge in [-0.1, -0.05) is 25.0 Å². The van der Waals surface area contributed by atoms with Crippen molar-refractivity contribution in [1.82, 2.24) is 0 Å². The van der Waals surface area contributed by atoms with E-state index in [1.165, 1.54) is 23.3 Å². The van der Waals surface area contributed by atoms with Crippen LogP contribution in [0.5, 0.6) is 0 Å². The van der Waals surface area contributed by atoms with E-state index in [9.17, 15) is 13.8 Å². The molecule has 2 aliphatic carbocycles. The fourth-order valence-corrected chi connectivity index (χ4v) is 3.97. The molecule has 0 bridgehead atoms. The Kier molecular flexibility index (Phi) is 5.63. The van der Waals surface area contributed by atoms with E-state index in [0.29, 0.717) is 6.42 Å². The monoisotopic (exact) mass is 350 g/mol. The molecule has 0 N–H and O–H groups in total. The SMILES string of the molecule is CC(C)=C1C[C@@]2(C)C(=CC1=O)CC[C@@H](OC(=O)/C=C\S(C)=O)[C@@H]2C. The summed E-state index contributed by atoms with van der Waals surface area (Å²) in [5, 5.41) is 1.34. The van der Waals surface area contributed by atoms with Crippen molar-refractivity contribution < 1.29 is 18.5 Å². The number of carbonyl (C=O) groups excluding carboxylic acids is 2. The summed E-state index contributed by atoms with van der Waals surface area (Å²) in [4.78, 5) is 24.2. The van der Waals surface area contributed by atoms with Gasteiger partial charge in [0.2, 0.25) is 0 Å². The molecule has 132 valence electrons. The average molecular weight is 350 g/mol. The summed E-state index contributed by atoms with van der Waals surface area (Å²) in [6.07, 6.45) is 6.53. The second-order valence-corrected chi connectivity index (χ2v) is 8.48. The van der Waals surface area contributed by atoms with Gasteiger partial charge in [-0.3, -0.25) is 9.00 Å². The molecule has 2 rings (SSSR count). The molecule has 0 aliphatic heterocycles. The highest BCUT2D eigenvalue weighted by Crippen LogP contribution is 2.52. The van der Waals surface area contributed by atoms with Crippen LogP contribution in [0, 0.1) is 11.3 Å². The minimum absolute atomic E-state index is 0.115. The molecule has 24 heavy (non-hydrogen) atoms. The van der Waals surface area contributed by atoms with E-state index in [1.807, 2.05) is 13.8 Å². The van der Waals surface area contributed by atoms with Gasteiger partial charge in [-0.15, -0.1) is 0 Å². The Morgan fingerprint density at radius 3 is 2.67 bits per heavy atom. The van der Waals surface area contributed by atoms with Gasteiger partial charge in [-0.25, -0.2) is 4.79 Å². The standard InChI is InChI=1S/C19H26O4S/c1-12(2)15-11-19(4)13(3)17(7-6-14(19)10-16(15)20)23-18(21)8-9-24(5)22/h8-10,13,17H,6-7,11H2,1-5H3/b9-8-/t13-,17+,19+,24?/m0/s1. The van der Waals surface area contributed by atoms with Crippen molar-refractivity contribution in [2.45, 2.75) is 53.1 Å². The second-order valence-electron chi connectivity index (χ2n) is 7.21. The van der Waals surface area contributed by atoms with Crippen molar-refractivity contribution >= 4 is 22.6 Å². The van der Waals surface area contributed by atoms with Crippen LogP contribution in [0.15, 0.2) is 34.3 Å². The van der Waals surface area contributed by atoms with Crippen LogP contribution < -0.4 is 0 Å². The first-order valence-electron chi connectivity index (χ1n) is 8.28. The molecule has 1 unspecified atom stereocenters. The predicted octanol–water partition coefficient (Wildman–Crippen LogP) is 3.46. The molecule has 0 radical (unpaired) electrons. The van der Waals surface area contributed by atoms with Crippen molar-refractivity contribution in [2.75, 3.05) is 6.26 Å². The van der Waals surface area contributed by atoms with Crippen LogP contribution >= 0.6 is 0 Å². The van der Waals surface area contributed by atoms with Crippen LogP contribution in [-0.4, -0.2) is 28.3 Å². The molecule has 1 fully saturated rings. The first-order valence-corrected chi connectivity index (χ1v) is 9.90. The van der Waals surface area contributed by atoms with E-state index in [0.717, 1.165) is 24.0 Å². The lowest BCUT2D eigenvalue weighted by molar-refractivity contribution is -0.149. The highest BCUT2D eigenvalue weighted by Gasteiger charge is 2.47. The lowest BCUT2D eigenvalue weighted by Crippen LogP contribution is -2.44. The smallest absolute Gasteiger partial charge is 0.331 e. The molecule has 4 nitrogen and oxygen atoms in total. The molecule has 2 aliphatic rings. The zero-order chi connectivity index (χ0) is 18.1. The number of allylic oxidation sites excluding steroid dienone is 4. The average Bonchev–Trinajstić information content (AvgIpc) is 2.49. The molecule has 0 amide bonds. The van der Waals surface area contributed by atoms with Gasteiger partial charge in [-0.2, -0.15) is 0 Å². The summed E-state index contributed by atoms with van der Waals surface area (Å²) in [7, 11) is -1.16. The molecule has 4 atom stereocenters. The quantitative estimate of drug-likeness (QED) is 0.578. The number of esters is 1. The van der Waals surface area contributed by atoms with Gasteiger partial charge in [0.25, 0.3) is 0 Å². The van der Waals surface area contributed by atoms with Crippen molar-refractivity contribution in [3.05, 3.63) is 34.3 Å². The third-order valence-corrected chi connectivity index (χ3v) is 5.93. The second kappa shape index (κ2) is 7.18. The van der Waals surface area contributed by atoms with Crippen LogP contribution in [0.4, 0.5) is 0 Å². The maximum atomic E-state index is 12.3. The molecule has 0 aromatic rings. The Morgan fingerprint density at radius 2 is 2.08 bits per heavy atom. The minimum Gasteiger partial charge on any atom is -0.459 e. The Morgan fingerprint density at radius 1 is 1.42 bits per heavy atom. The van der Waals surface area contributed by atoms with Crippen LogP contribution in [-0.2, 0) is 25.1 Å². The third-order valence-electron chi connectivity index (χ3n) is 5.41. The van der Waals surface area contributed by atoms with Crippen LogP contribution in [0.1, 0.15) is 47.0 Å². The summed E-state index contributed by atoms with van der Waals surface area (Å²) < 4.78 is 16.6. The summed E-state index contributed by atoms with van der Waals surface area (Å²) in [6, 6.07) is 0. The van der Waals surface area contributed by atoms with E-state index >= 15 is 0 Å². The Balaban J connectivity index is 2.22. The maximum absolute atomic E-state index is 12.3. The molecule has 0 spiro atoms. The van der Waals surface area contributed by atoms with Gasteiger partial charge in [0.05, 0.1) is 0 Å². The van der Waals surface area contributed by atoms with Crippen molar-refractivity contribution in [3.63, 3.8) is 0 Å². The number of carbonyl (C=O) groups is 2. The summed E-state index contributed by atoms with van der Waals surface area (Å²) in [5.41, 5.74) is 2.93. The number of fused-ring (bicyclic) bond motifs is 1. The summed E-state index contributed by atoms with van der Waals surface area (Å²) >= 11 is 0. The molecule has 0 heterocycles. The van der Waals surface area contributed by atoms with Crippen molar-refractivity contribution in [1.29, 1.82) is 0 Å². The van der Waals surface area contributed by atoms with E-state index in [2.05, 4.69) is 13.8 Å². The maximum Gasteiger partial charge on any atom is 0.331 e. The van der Waals surface area contributed by atoms with E-state index < -0.39 is 16.8 Å². The number of ketones is 1. The fourth-order valence-electron chi connectivity index (χ4n) is 3.67. The highest BCUT2D eigenvalue weighted by molar-refractivity contribution is 7.87. The lowest BCUT2D eigenvalue weighted by atomic mass is 9.58. The number of rotatable bonds is 3. The topological polar surface area (TPSA) is 60.4 Å². The Labute approximate surface area is 146 Å². The van der Waals surface area contributed by atoms with Crippen LogP contribution in [0.25, 0.3) is 0 Å². The summed E-state index contributed by atoms with van der Waals surface area (Å²) in [6.45, 7) is 8.19. The largest absolute Gasteiger partial charge is 0.459 e. The molecule has 0 aromatic carbocycles. The molecule has 0 saturated heterocycles. The van der Waals surface area contributed by atoms with E-state index in [1.54, 1.807) is 6.08 Å². The number of ether oxygens (including phenoxy) is 1. The summed E-state index contributed by atoms with van der Waals surface area (Å²) in [5.74, 6) is -0.213. The lowest BCUT2D eigenvalue weighted by Gasteiger charge is -2.48. The minimum atomic E-state index is -1.16. The van der Waals surface area contributed by atoms with Gasteiger partial charge in [-0.05, 0) is 50.2 Å². The Hall–Kier alpha value is -1.49. The van der Waals surface area contributed by atoms with Gasteiger partial charge in [0, 0.05) is 34.5 Å². The van der Waals surface area contributed by atoms with Crippen molar-refractivity contribution in [2.24, 2.45) is 11.3 Å². The van der Waals surface area contributed by atoms with E-state index in [-0.39, 0.29) is 23.2 Å². The van der Waals surface area contributed by atoms with Gasteiger partial charge < -0.3 is 4.74 Å². The highest BCUT2D eigenvalue weighted by atomic mass is 32.2. The first-order chi connectivity index (χ1) is 11.1. The van der Waals surface area contributed by atoms with Gasteiger partial charge >= 0.3 is 5.97 Å². The third kappa shape index (κ3) is 3.77. The zero-order valence-electron chi connectivity index (χ0n) is 15.0. The van der Waals surface area contributed by atoms with Gasteiger partial charge in [0.15, 0.2) is 5.78 Å². The van der Waals surface area contributed by atoms with Crippen molar-refractivity contribution in [3.8, 4) is 0 Å². The molecule has 5 heteroatoms. The molecule has 1 saturated carbocycles. The Bertz CT molecular complexity index is 667. The zero-order valence-corrected chi connectivity index (χ0v) is 15.9. The molecular weight excluding hydrogens is 324 g/mol. The van der Waals surface area contributed by atoms with Gasteiger partial charge in [0.1, 0.15) is 6.10 Å². The molecular formula is C19H26O4S. The normalized spacial score (nSPS) is 31.5. The van der Waals surface area contributed by atoms with Crippen LogP contribution in [0.2, 0.25) is 0 Å². The predicted molar refractivity (Wildman–Crippen MR) is 95.7 cm³/mol. The van der Waals surface area contributed by atoms with Crippen LogP contribution in [0.3, 0.4) is 0 Å². The number of hydrogen-bond donors (Lipinski definition) is 0.